The van der Waals surface area contributed by atoms with Gasteiger partial charge in [0.2, 0.25) is 5.91 Å². The number of carbonyl (C=O) groups is 1. The number of hydrogen-bond donors (Lipinski definition) is 1. The van der Waals surface area contributed by atoms with E-state index in [9.17, 15) is 4.79 Å². The molecule has 0 radical (unpaired) electrons. The number of nitrogens with one attached hydrogen (secondary N) is 1. The van der Waals surface area contributed by atoms with E-state index in [0.29, 0.717) is 5.75 Å². The summed E-state index contributed by atoms with van der Waals surface area (Å²) in [6.07, 6.45) is 0.767. The van der Waals surface area contributed by atoms with Gasteiger partial charge in [-0.05, 0) is 49.1 Å². The smallest absolute Gasteiger partial charge is 0.234 e. The Kier molecular flexibility index (Phi) is 6.50. The Morgan fingerprint density at radius 3 is 2.88 bits per heavy atom. The van der Waals surface area contributed by atoms with Crippen molar-refractivity contribution < 1.29 is 4.79 Å². The Hall–Kier alpha value is -1.64. The van der Waals surface area contributed by atoms with Gasteiger partial charge in [-0.3, -0.25) is 4.79 Å². The Morgan fingerprint density at radius 2 is 2.19 bits per heavy atom. The standard InChI is InChI=1S/C18H19BrN4OS2/c1-3-23-16(10-14-5-4-8-25-14)21-22-18(23)26-11-17(24)20-13-6-7-15(19)12(2)9-13/h4-9H,3,10-11H2,1-2H3,(H,20,24). The molecule has 0 spiro atoms. The summed E-state index contributed by atoms with van der Waals surface area (Å²) in [4.78, 5) is 13.5. The van der Waals surface area contributed by atoms with Gasteiger partial charge in [0.05, 0.1) is 5.75 Å². The first-order valence-electron chi connectivity index (χ1n) is 8.20. The van der Waals surface area contributed by atoms with E-state index in [1.807, 2.05) is 31.2 Å². The molecule has 3 aromatic rings. The van der Waals surface area contributed by atoms with E-state index in [1.54, 1.807) is 11.3 Å². The summed E-state index contributed by atoms with van der Waals surface area (Å²) in [6, 6.07) is 9.90. The van der Waals surface area contributed by atoms with Crippen molar-refractivity contribution in [3.05, 3.63) is 56.4 Å². The van der Waals surface area contributed by atoms with Crippen LogP contribution >= 0.6 is 39.0 Å². The third kappa shape index (κ3) is 4.75. The molecule has 0 atom stereocenters. The lowest BCUT2D eigenvalue weighted by atomic mass is 10.2. The minimum Gasteiger partial charge on any atom is -0.325 e. The van der Waals surface area contributed by atoms with E-state index in [2.05, 4.69) is 54.4 Å². The van der Waals surface area contributed by atoms with Crippen molar-refractivity contribution >= 4 is 50.6 Å². The quantitative estimate of drug-likeness (QED) is 0.527. The molecule has 5 nitrogen and oxygen atoms in total. The van der Waals surface area contributed by atoms with Crippen molar-refractivity contribution in [1.29, 1.82) is 0 Å². The van der Waals surface area contributed by atoms with Crippen LogP contribution in [0, 0.1) is 6.92 Å². The Labute approximate surface area is 169 Å². The molecule has 0 aliphatic rings. The van der Waals surface area contributed by atoms with E-state index < -0.39 is 0 Å². The van der Waals surface area contributed by atoms with Gasteiger partial charge in [-0.15, -0.1) is 21.5 Å². The summed E-state index contributed by atoms with van der Waals surface area (Å²) in [5.41, 5.74) is 1.88. The zero-order chi connectivity index (χ0) is 18.5. The SMILES string of the molecule is CCn1c(Cc2cccs2)nnc1SCC(=O)Nc1ccc(Br)c(C)c1. The second-order valence-corrected chi connectivity index (χ2v) is 8.53. The van der Waals surface area contributed by atoms with E-state index in [4.69, 9.17) is 0 Å². The summed E-state index contributed by atoms with van der Waals surface area (Å²) in [7, 11) is 0. The van der Waals surface area contributed by atoms with E-state index in [1.165, 1.54) is 16.6 Å². The van der Waals surface area contributed by atoms with Crippen LogP contribution in [-0.2, 0) is 17.8 Å². The van der Waals surface area contributed by atoms with Gasteiger partial charge < -0.3 is 9.88 Å². The number of thioether (sulfide) groups is 1. The van der Waals surface area contributed by atoms with Crippen LogP contribution in [0.4, 0.5) is 5.69 Å². The number of benzene rings is 1. The van der Waals surface area contributed by atoms with E-state index in [0.717, 1.165) is 39.7 Å². The highest BCUT2D eigenvalue weighted by atomic mass is 79.9. The number of carbonyl (C=O) groups excluding carboxylic acids is 1. The zero-order valence-electron chi connectivity index (χ0n) is 14.5. The Balaban J connectivity index is 1.61. The number of hydrogen-bond acceptors (Lipinski definition) is 5. The molecule has 3 rings (SSSR count). The van der Waals surface area contributed by atoms with Crippen LogP contribution in [0.1, 0.15) is 23.2 Å². The van der Waals surface area contributed by atoms with Gasteiger partial charge in [-0.2, -0.15) is 0 Å². The summed E-state index contributed by atoms with van der Waals surface area (Å²) in [5, 5.41) is 14.3. The summed E-state index contributed by atoms with van der Waals surface area (Å²) in [6.45, 7) is 4.84. The maximum absolute atomic E-state index is 12.2. The summed E-state index contributed by atoms with van der Waals surface area (Å²) < 4.78 is 3.10. The lowest BCUT2D eigenvalue weighted by Crippen LogP contribution is -2.15. The number of rotatable bonds is 7. The average Bonchev–Trinajstić information content (AvgIpc) is 3.26. The minimum absolute atomic E-state index is 0.0535. The van der Waals surface area contributed by atoms with Crippen LogP contribution < -0.4 is 5.32 Å². The van der Waals surface area contributed by atoms with Crippen molar-refractivity contribution in [2.24, 2.45) is 0 Å². The largest absolute Gasteiger partial charge is 0.325 e. The van der Waals surface area contributed by atoms with Crippen molar-refractivity contribution in [3.63, 3.8) is 0 Å². The Morgan fingerprint density at radius 1 is 1.35 bits per heavy atom. The molecule has 2 aromatic heterocycles. The molecule has 0 bridgehead atoms. The molecule has 0 fully saturated rings. The number of amides is 1. The predicted molar refractivity (Wildman–Crippen MR) is 111 cm³/mol. The lowest BCUT2D eigenvalue weighted by Gasteiger charge is -2.08. The fourth-order valence-electron chi connectivity index (χ4n) is 2.49. The zero-order valence-corrected chi connectivity index (χ0v) is 17.7. The van der Waals surface area contributed by atoms with Gasteiger partial charge in [0.25, 0.3) is 0 Å². The van der Waals surface area contributed by atoms with Gasteiger partial charge >= 0.3 is 0 Å². The highest BCUT2D eigenvalue weighted by molar-refractivity contribution is 9.10. The molecule has 8 heteroatoms. The molecule has 0 aliphatic carbocycles. The van der Waals surface area contributed by atoms with Crippen molar-refractivity contribution in [2.45, 2.75) is 32.0 Å². The van der Waals surface area contributed by atoms with Crippen molar-refractivity contribution in [3.8, 4) is 0 Å². The average molecular weight is 451 g/mol. The van der Waals surface area contributed by atoms with E-state index in [-0.39, 0.29) is 5.91 Å². The molecule has 0 saturated heterocycles. The fraction of sp³-hybridized carbons (Fsp3) is 0.278. The second kappa shape index (κ2) is 8.83. The molecule has 1 amide bonds. The van der Waals surface area contributed by atoms with Crippen LogP contribution in [0.5, 0.6) is 0 Å². The Bertz CT molecular complexity index is 893. The van der Waals surface area contributed by atoms with Gasteiger partial charge in [0, 0.05) is 28.0 Å². The molecule has 0 unspecified atom stereocenters. The highest BCUT2D eigenvalue weighted by Gasteiger charge is 2.14. The molecular weight excluding hydrogens is 432 g/mol. The monoisotopic (exact) mass is 450 g/mol. The van der Waals surface area contributed by atoms with Crippen molar-refractivity contribution in [2.75, 3.05) is 11.1 Å². The molecular formula is C18H19BrN4OS2. The number of anilines is 1. The number of nitrogens with zero attached hydrogens (tertiary/aromatic N) is 3. The molecule has 0 saturated carbocycles. The van der Waals surface area contributed by atoms with Gasteiger partial charge in [0.15, 0.2) is 5.16 Å². The number of aromatic nitrogens is 3. The number of halogens is 1. The number of aryl methyl sites for hydroxylation is 1. The highest BCUT2D eigenvalue weighted by Crippen LogP contribution is 2.22. The first-order chi connectivity index (χ1) is 12.6. The fourth-order valence-corrected chi connectivity index (χ4v) is 4.26. The van der Waals surface area contributed by atoms with Gasteiger partial charge in [-0.1, -0.05) is 33.8 Å². The summed E-state index contributed by atoms with van der Waals surface area (Å²) in [5.74, 6) is 1.18. The normalized spacial score (nSPS) is 10.9. The maximum Gasteiger partial charge on any atom is 0.234 e. The van der Waals surface area contributed by atoms with E-state index >= 15 is 0 Å². The third-order valence-electron chi connectivity index (χ3n) is 3.80. The first-order valence-corrected chi connectivity index (χ1v) is 10.9. The first kappa shape index (κ1) is 19.1. The van der Waals surface area contributed by atoms with Crippen molar-refractivity contribution in [1.82, 2.24) is 14.8 Å². The molecule has 26 heavy (non-hydrogen) atoms. The third-order valence-corrected chi connectivity index (χ3v) is 6.53. The lowest BCUT2D eigenvalue weighted by molar-refractivity contribution is -0.113. The van der Waals surface area contributed by atoms with Crippen LogP contribution in [-0.4, -0.2) is 26.4 Å². The summed E-state index contributed by atoms with van der Waals surface area (Å²) >= 11 is 6.59. The van der Waals surface area contributed by atoms with Crippen LogP contribution in [0.3, 0.4) is 0 Å². The number of thiophene rings is 1. The molecule has 136 valence electrons. The van der Waals surface area contributed by atoms with Crippen LogP contribution in [0.2, 0.25) is 0 Å². The van der Waals surface area contributed by atoms with Gasteiger partial charge in [0.1, 0.15) is 5.82 Å². The van der Waals surface area contributed by atoms with Crippen LogP contribution in [0.15, 0.2) is 45.3 Å². The minimum atomic E-state index is -0.0535. The topological polar surface area (TPSA) is 59.8 Å². The van der Waals surface area contributed by atoms with Gasteiger partial charge in [-0.25, -0.2) is 0 Å². The molecule has 1 aromatic carbocycles. The second-order valence-electron chi connectivity index (χ2n) is 5.70. The molecule has 1 N–H and O–H groups in total. The molecule has 2 heterocycles. The predicted octanol–water partition coefficient (Wildman–Crippen LogP) is 4.75. The van der Waals surface area contributed by atoms with Crippen LogP contribution in [0.25, 0.3) is 0 Å². The maximum atomic E-state index is 12.2. The molecule has 0 aliphatic heterocycles.